The van der Waals surface area contributed by atoms with Gasteiger partial charge in [-0.15, -0.1) is 0 Å². The highest BCUT2D eigenvalue weighted by molar-refractivity contribution is 9.10. The van der Waals surface area contributed by atoms with Crippen molar-refractivity contribution in [3.63, 3.8) is 0 Å². The summed E-state index contributed by atoms with van der Waals surface area (Å²) in [6, 6.07) is 9.64. The summed E-state index contributed by atoms with van der Waals surface area (Å²) in [7, 11) is 0. The molecule has 1 fully saturated rings. The van der Waals surface area contributed by atoms with Gasteiger partial charge in [0, 0.05) is 27.7 Å². The Morgan fingerprint density at radius 3 is 2.53 bits per heavy atom. The number of benzene rings is 2. The second-order valence-corrected chi connectivity index (χ2v) is 8.56. The van der Waals surface area contributed by atoms with E-state index < -0.39 is 23.5 Å². The Morgan fingerprint density at radius 2 is 1.84 bits per heavy atom. The molecule has 0 atom stereocenters. The zero-order valence-corrected chi connectivity index (χ0v) is 18.3. The van der Waals surface area contributed by atoms with Crippen molar-refractivity contribution < 1.29 is 27.1 Å². The van der Waals surface area contributed by atoms with Crippen molar-refractivity contribution in [2.75, 3.05) is 0 Å². The van der Waals surface area contributed by atoms with Crippen LogP contribution in [0.15, 0.2) is 53.1 Å². The maximum Gasteiger partial charge on any atom is 0.419 e. The Balaban J connectivity index is 1.35. The fourth-order valence-electron chi connectivity index (χ4n) is 3.88. The quantitative estimate of drug-likeness (QED) is 0.420. The SMILES string of the molecule is O=C(N[C@H]1CC[C@H](Oc2ccnc3c(Br)cccc23)CC1)c1ccc(C(F)(F)F)c(F)c1. The van der Waals surface area contributed by atoms with E-state index in [9.17, 15) is 22.4 Å². The first kappa shape index (κ1) is 22.5. The monoisotopic (exact) mass is 510 g/mol. The Morgan fingerprint density at radius 1 is 1.09 bits per heavy atom. The molecular formula is C23H19BrF4N2O2. The number of aromatic nitrogens is 1. The lowest BCUT2D eigenvalue weighted by molar-refractivity contribution is -0.140. The summed E-state index contributed by atoms with van der Waals surface area (Å²) in [5, 5.41) is 3.69. The summed E-state index contributed by atoms with van der Waals surface area (Å²) >= 11 is 3.49. The molecule has 1 aliphatic rings. The zero-order chi connectivity index (χ0) is 22.9. The number of alkyl halides is 3. The average Bonchev–Trinajstić information content (AvgIpc) is 2.75. The number of fused-ring (bicyclic) bond motifs is 1. The van der Waals surface area contributed by atoms with Gasteiger partial charge in [0.15, 0.2) is 0 Å². The van der Waals surface area contributed by atoms with Gasteiger partial charge in [-0.1, -0.05) is 6.07 Å². The number of nitrogens with one attached hydrogen (secondary N) is 1. The lowest BCUT2D eigenvalue weighted by atomic mass is 9.92. The van der Waals surface area contributed by atoms with Gasteiger partial charge in [0.05, 0.1) is 17.2 Å². The number of rotatable bonds is 4. The molecule has 3 aromatic rings. The standard InChI is InChI=1S/C23H19BrF4N2O2/c24-18-3-1-2-16-20(10-11-29-21(16)18)32-15-7-5-14(6-8-15)30-22(31)13-4-9-17(19(25)12-13)23(26,27)28/h1-4,9-12,14-15H,5-8H2,(H,30,31)/t14-,15-. The molecule has 32 heavy (non-hydrogen) atoms. The molecule has 0 bridgehead atoms. The normalized spacial score (nSPS) is 19.0. The van der Waals surface area contributed by atoms with Crippen molar-refractivity contribution in [1.82, 2.24) is 10.3 Å². The van der Waals surface area contributed by atoms with Crippen LogP contribution in [0.4, 0.5) is 17.6 Å². The van der Waals surface area contributed by atoms with Gasteiger partial charge < -0.3 is 10.1 Å². The largest absolute Gasteiger partial charge is 0.490 e. The smallest absolute Gasteiger partial charge is 0.419 e. The molecule has 4 rings (SSSR count). The molecule has 1 aliphatic carbocycles. The maximum absolute atomic E-state index is 13.8. The number of carbonyl (C=O) groups is 1. The van der Waals surface area contributed by atoms with Gasteiger partial charge in [0.25, 0.3) is 5.91 Å². The van der Waals surface area contributed by atoms with E-state index in [2.05, 4.69) is 26.2 Å². The molecule has 1 heterocycles. The van der Waals surface area contributed by atoms with Crippen molar-refractivity contribution in [2.24, 2.45) is 0 Å². The first-order chi connectivity index (χ1) is 15.2. The molecule has 0 radical (unpaired) electrons. The topological polar surface area (TPSA) is 51.2 Å². The van der Waals surface area contributed by atoms with E-state index in [1.54, 1.807) is 6.20 Å². The number of para-hydroxylation sites is 1. The predicted octanol–water partition coefficient (Wildman–Crippen LogP) is 6.28. The summed E-state index contributed by atoms with van der Waals surface area (Å²) in [5.41, 5.74) is -0.709. The Bertz CT molecular complexity index is 1140. The van der Waals surface area contributed by atoms with Crippen LogP contribution in [0.1, 0.15) is 41.6 Å². The van der Waals surface area contributed by atoms with Crippen molar-refractivity contribution in [3.05, 3.63) is 70.1 Å². The summed E-state index contributed by atoms with van der Waals surface area (Å²) in [6.07, 6.45) is -0.450. The zero-order valence-electron chi connectivity index (χ0n) is 16.8. The third-order valence-electron chi connectivity index (χ3n) is 5.52. The fraction of sp³-hybridized carbons (Fsp3) is 0.304. The lowest BCUT2D eigenvalue weighted by Gasteiger charge is -2.30. The van der Waals surface area contributed by atoms with Gasteiger partial charge in [-0.25, -0.2) is 4.39 Å². The summed E-state index contributed by atoms with van der Waals surface area (Å²) in [6.45, 7) is 0. The number of amides is 1. The molecule has 0 spiro atoms. The molecule has 2 aromatic carbocycles. The highest BCUT2D eigenvalue weighted by Crippen LogP contribution is 2.33. The molecule has 1 N–H and O–H groups in total. The minimum absolute atomic E-state index is 0.0313. The maximum atomic E-state index is 13.8. The minimum atomic E-state index is -4.80. The number of ether oxygens (including phenoxy) is 1. The van der Waals surface area contributed by atoms with Gasteiger partial charge >= 0.3 is 6.18 Å². The second-order valence-electron chi connectivity index (χ2n) is 7.70. The number of halogens is 5. The average molecular weight is 511 g/mol. The molecular weight excluding hydrogens is 492 g/mol. The molecule has 1 saturated carbocycles. The van der Waals surface area contributed by atoms with Gasteiger partial charge in [0.2, 0.25) is 0 Å². The molecule has 9 heteroatoms. The number of nitrogens with zero attached hydrogens (tertiary/aromatic N) is 1. The third-order valence-corrected chi connectivity index (χ3v) is 6.16. The van der Waals surface area contributed by atoms with Gasteiger partial charge in [0.1, 0.15) is 11.6 Å². The first-order valence-corrected chi connectivity index (χ1v) is 10.9. The summed E-state index contributed by atoms with van der Waals surface area (Å²) < 4.78 is 58.9. The molecule has 4 nitrogen and oxygen atoms in total. The van der Waals surface area contributed by atoms with Crippen molar-refractivity contribution >= 4 is 32.7 Å². The number of pyridine rings is 1. The van der Waals surface area contributed by atoms with Crippen LogP contribution in [0.3, 0.4) is 0 Å². The molecule has 0 aliphatic heterocycles. The fourth-order valence-corrected chi connectivity index (χ4v) is 4.35. The van der Waals surface area contributed by atoms with Crippen LogP contribution in [-0.4, -0.2) is 23.0 Å². The highest BCUT2D eigenvalue weighted by Gasteiger charge is 2.34. The van der Waals surface area contributed by atoms with Crippen LogP contribution in [0.2, 0.25) is 0 Å². The summed E-state index contributed by atoms with van der Waals surface area (Å²) in [4.78, 5) is 16.7. The molecule has 1 amide bonds. The van der Waals surface area contributed by atoms with E-state index in [1.807, 2.05) is 24.3 Å². The predicted molar refractivity (Wildman–Crippen MR) is 115 cm³/mol. The van der Waals surface area contributed by atoms with Gasteiger partial charge in [-0.05, 0) is 78.0 Å². The molecule has 0 unspecified atom stereocenters. The number of hydrogen-bond donors (Lipinski definition) is 1. The van der Waals surface area contributed by atoms with Crippen molar-refractivity contribution in [2.45, 2.75) is 44.0 Å². The van der Waals surface area contributed by atoms with Crippen LogP contribution in [0.25, 0.3) is 10.9 Å². The van der Waals surface area contributed by atoms with Crippen LogP contribution in [-0.2, 0) is 6.18 Å². The Kier molecular flexibility index (Phi) is 6.37. The lowest BCUT2D eigenvalue weighted by Crippen LogP contribution is -2.39. The number of hydrogen-bond acceptors (Lipinski definition) is 3. The third kappa shape index (κ3) is 4.87. The highest BCUT2D eigenvalue weighted by atomic mass is 79.9. The molecule has 0 saturated heterocycles. The van der Waals surface area contributed by atoms with E-state index in [4.69, 9.17) is 4.74 Å². The van der Waals surface area contributed by atoms with Gasteiger partial charge in [-0.3, -0.25) is 9.78 Å². The molecule has 168 valence electrons. The van der Waals surface area contributed by atoms with E-state index in [1.165, 1.54) is 0 Å². The number of carbonyl (C=O) groups excluding carboxylic acids is 1. The van der Waals surface area contributed by atoms with Crippen molar-refractivity contribution in [1.29, 1.82) is 0 Å². The Hall–Kier alpha value is -2.68. The first-order valence-electron chi connectivity index (χ1n) is 10.1. The van der Waals surface area contributed by atoms with Crippen LogP contribution in [0, 0.1) is 5.82 Å². The minimum Gasteiger partial charge on any atom is -0.490 e. The van der Waals surface area contributed by atoms with E-state index in [-0.39, 0.29) is 17.7 Å². The van der Waals surface area contributed by atoms with E-state index in [0.717, 1.165) is 27.2 Å². The van der Waals surface area contributed by atoms with Crippen LogP contribution < -0.4 is 10.1 Å². The van der Waals surface area contributed by atoms with Crippen LogP contribution in [0.5, 0.6) is 5.75 Å². The van der Waals surface area contributed by atoms with E-state index >= 15 is 0 Å². The van der Waals surface area contributed by atoms with Crippen molar-refractivity contribution in [3.8, 4) is 5.75 Å². The Labute approximate surface area is 190 Å². The molecule has 1 aromatic heterocycles. The van der Waals surface area contributed by atoms with Crippen LogP contribution >= 0.6 is 15.9 Å². The van der Waals surface area contributed by atoms with Gasteiger partial charge in [-0.2, -0.15) is 13.2 Å². The second kappa shape index (κ2) is 9.05. The summed E-state index contributed by atoms with van der Waals surface area (Å²) in [5.74, 6) is -1.31. The van der Waals surface area contributed by atoms with E-state index in [0.29, 0.717) is 37.8 Å².